The molecule has 0 bridgehead atoms. The summed E-state index contributed by atoms with van der Waals surface area (Å²) >= 11 is 0. The average Bonchev–Trinajstić information content (AvgIpc) is 2.29. The first-order chi connectivity index (χ1) is 8.11. The molecule has 1 heterocycles. The molecule has 0 saturated heterocycles. The van der Waals surface area contributed by atoms with Crippen molar-refractivity contribution in [3.63, 3.8) is 0 Å². The smallest absolute Gasteiger partial charge is 0.0547 e. The maximum Gasteiger partial charge on any atom is 0.0547 e. The highest BCUT2D eigenvalue weighted by Gasteiger charge is 2.01. The number of hydrogen-bond acceptors (Lipinski definition) is 3. The topological polar surface area (TPSA) is 28.2 Å². The third-order valence-corrected chi connectivity index (χ3v) is 2.69. The quantitative estimate of drug-likeness (QED) is 0.786. The van der Waals surface area contributed by atoms with Crippen molar-refractivity contribution in [3.05, 3.63) is 29.6 Å². The molecular formula is C14H25N3. The summed E-state index contributed by atoms with van der Waals surface area (Å²) < 4.78 is 0. The largest absolute Gasteiger partial charge is 0.311 e. The number of nitrogens with zero attached hydrogens (tertiary/aromatic N) is 2. The fourth-order valence-electron chi connectivity index (χ4n) is 1.59. The van der Waals surface area contributed by atoms with Crippen LogP contribution in [0.25, 0.3) is 0 Å². The third-order valence-electron chi connectivity index (χ3n) is 2.69. The van der Waals surface area contributed by atoms with Crippen molar-refractivity contribution in [1.29, 1.82) is 0 Å². The van der Waals surface area contributed by atoms with Gasteiger partial charge in [0.15, 0.2) is 0 Å². The second-order valence-corrected chi connectivity index (χ2v) is 4.98. The van der Waals surface area contributed by atoms with Crippen molar-refractivity contribution >= 4 is 0 Å². The number of aromatic nitrogens is 1. The first-order valence-corrected chi connectivity index (χ1v) is 6.46. The van der Waals surface area contributed by atoms with E-state index in [0.29, 0.717) is 5.92 Å². The second-order valence-electron chi connectivity index (χ2n) is 4.98. The van der Waals surface area contributed by atoms with Crippen LogP contribution in [0.15, 0.2) is 18.2 Å². The normalized spacial score (nSPS) is 11.4. The summed E-state index contributed by atoms with van der Waals surface area (Å²) in [5.74, 6) is 0.685. The molecule has 17 heavy (non-hydrogen) atoms. The van der Waals surface area contributed by atoms with Gasteiger partial charge in [0, 0.05) is 13.1 Å². The molecule has 0 radical (unpaired) electrons. The van der Waals surface area contributed by atoms with Crippen molar-refractivity contribution in [3.8, 4) is 0 Å². The second kappa shape index (κ2) is 7.41. The van der Waals surface area contributed by atoms with Gasteiger partial charge >= 0.3 is 0 Å². The van der Waals surface area contributed by atoms with Gasteiger partial charge in [-0.2, -0.15) is 0 Å². The Morgan fingerprint density at radius 2 is 2.00 bits per heavy atom. The Bertz CT molecular complexity index is 323. The molecule has 0 aliphatic rings. The van der Waals surface area contributed by atoms with Gasteiger partial charge in [-0.1, -0.05) is 26.8 Å². The highest BCUT2D eigenvalue weighted by Crippen LogP contribution is 2.02. The van der Waals surface area contributed by atoms with Gasteiger partial charge in [0.1, 0.15) is 0 Å². The summed E-state index contributed by atoms with van der Waals surface area (Å²) in [6.07, 6.45) is 0. The number of hydrogen-bond donors (Lipinski definition) is 1. The van der Waals surface area contributed by atoms with Crippen LogP contribution in [0.4, 0.5) is 0 Å². The molecule has 1 rings (SSSR count). The maximum atomic E-state index is 4.65. The van der Waals surface area contributed by atoms with Crippen LogP contribution in [0.5, 0.6) is 0 Å². The molecule has 0 spiro atoms. The van der Waals surface area contributed by atoms with Crippen molar-refractivity contribution in [1.82, 2.24) is 15.2 Å². The van der Waals surface area contributed by atoms with E-state index < -0.39 is 0 Å². The Balaban J connectivity index is 2.48. The highest BCUT2D eigenvalue weighted by molar-refractivity contribution is 5.11. The van der Waals surface area contributed by atoms with Gasteiger partial charge in [-0.25, -0.2) is 0 Å². The van der Waals surface area contributed by atoms with Crippen molar-refractivity contribution in [2.75, 3.05) is 20.1 Å². The Hall–Kier alpha value is -0.930. The molecule has 0 unspecified atom stereocenters. The Kier molecular flexibility index (Phi) is 6.16. The minimum absolute atomic E-state index is 0.685. The fourth-order valence-corrected chi connectivity index (χ4v) is 1.59. The molecule has 1 aromatic rings. The van der Waals surface area contributed by atoms with Gasteiger partial charge in [-0.15, -0.1) is 0 Å². The lowest BCUT2D eigenvalue weighted by atomic mass is 10.2. The van der Waals surface area contributed by atoms with Crippen molar-refractivity contribution < 1.29 is 0 Å². The summed E-state index contributed by atoms with van der Waals surface area (Å²) in [5, 5.41) is 3.42. The molecule has 96 valence electrons. The molecule has 0 amide bonds. The van der Waals surface area contributed by atoms with E-state index in [-0.39, 0.29) is 0 Å². The van der Waals surface area contributed by atoms with Crippen LogP contribution in [0.2, 0.25) is 0 Å². The molecule has 3 nitrogen and oxygen atoms in total. The van der Waals surface area contributed by atoms with Gasteiger partial charge in [-0.3, -0.25) is 4.98 Å². The first-order valence-electron chi connectivity index (χ1n) is 6.46. The zero-order valence-corrected chi connectivity index (χ0v) is 11.5. The SMILES string of the molecule is CCN(C)Cc1cccc(CNCC(C)C)n1. The van der Waals surface area contributed by atoms with Crippen LogP contribution in [-0.4, -0.2) is 30.0 Å². The standard InChI is InChI=1S/C14H25N3/c1-5-17(4)11-14-8-6-7-13(16-14)10-15-9-12(2)3/h6-8,12,15H,5,9-11H2,1-4H3. The predicted molar refractivity (Wildman–Crippen MR) is 72.8 cm³/mol. The van der Waals surface area contributed by atoms with Gasteiger partial charge in [0.2, 0.25) is 0 Å². The Labute approximate surface area is 105 Å². The van der Waals surface area contributed by atoms with Crippen LogP contribution in [-0.2, 0) is 13.1 Å². The lowest BCUT2D eigenvalue weighted by molar-refractivity contribution is 0.341. The van der Waals surface area contributed by atoms with E-state index in [9.17, 15) is 0 Å². The zero-order valence-electron chi connectivity index (χ0n) is 11.5. The summed E-state index contributed by atoms with van der Waals surface area (Å²) in [6, 6.07) is 6.28. The van der Waals surface area contributed by atoms with Gasteiger partial charge in [0.25, 0.3) is 0 Å². The van der Waals surface area contributed by atoms with E-state index in [4.69, 9.17) is 0 Å². The molecule has 0 atom stereocenters. The van der Waals surface area contributed by atoms with Crippen LogP contribution >= 0.6 is 0 Å². The Morgan fingerprint density at radius 1 is 1.29 bits per heavy atom. The van der Waals surface area contributed by atoms with E-state index in [1.807, 2.05) is 0 Å². The van der Waals surface area contributed by atoms with E-state index in [0.717, 1.165) is 37.6 Å². The highest BCUT2D eigenvalue weighted by atomic mass is 15.1. The van der Waals surface area contributed by atoms with Crippen molar-refractivity contribution in [2.24, 2.45) is 5.92 Å². The summed E-state index contributed by atoms with van der Waals surface area (Å²) in [4.78, 5) is 6.91. The summed E-state index contributed by atoms with van der Waals surface area (Å²) in [6.45, 7) is 10.5. The predicted octanol–water partition coefficient (Wildman–Crippen LogP) is 2.28. The van der Waals surface area contributed by atoms with E-state index >= 15 is 0 Å². The van der Waals surface area contributed by atoms with Gasteiger partial charge in [0.05, 0.1) is 11.4 Å². The minimum atomic E-state index is 0.685. The average molecular weight is 235 g/mol. The summed E-state index contributed by atoms with van der Waals surface area (Å²) in [5.41, 5.74) is 2.28. The number of nitrogens with one attached hydrogen (secondary N) is 1. The minimum Gasteiger partial charge on any atom is -0.311 e. The third kappa shape index (κ3) is 5.80. The number of rotatable bonds is 7. The Morgan fingerprint density at radius 3 is 2.65 bits per heavy atom. The molecule has 0 aliphatic carbocycles. The van der Waals surface area contributed by atoms with Gasteiger partial charge < -0.3 is 10.2 Å². The van der Waals surface area contributed by atoms with E-state index in [1.54, 1.807) is 0 Å². The monoisotopic (exact) mass is 235 g/mol. The molecule has 0 fully saturated rings. The molecule has 0 aromatic carbocycles. The van der Waals surface area contributed by atoms with E-state index in [2.05, 4.69) is 61.2 Å². The summed E-state index contributed by atoms with van der Waals surface area (Å²) in [7, 11) is 2.12. The fraction of sp³-hybridized carbons (Fsp3) is 0.643. The van der Waals surface area contributed by atoms with Gasteiger partial charge in [-0.05, 0) is 38.2 Å². The molecule has 0 aliphatic heterocycles. The van der Waals surface area contributed by atoms with Crippen LogP contribution < -0.4 is 5.32 Å². The molecule has 0 saturated carbocycles. The lowest BCUT2D eigenvalue weighted by Gasteiger charge is -2.14. The van der Waals surface area contributed by atoms with Crippen molar-refractivity contribution in [2.45, 2.75) is 33.9 Å². The van der Waals surface area contributed by atoms with Crippen LogP contribution in [0.1, 0.15) is 32.2 Å². The first kappa shape index (κ1) is 14.1. The number of pyridine rings is 1. The van der Waals surface area contributed by atoms with E-state index in [1.165, 1.54) is 0 Å². The molecule has 3 heteroatoms. The zero-order chi connectivity index (χ0) is 12.7. The lowest BCUT2D eigenvalue weighted by Crippen LogP contribution is -2.21. The molecule has 1 N–H and O–H groups in total. The van der Waals surface area contributed by atoms with Crippen LogP contribution in [0, 0.1) is 5.92 Å². The maximum absolute atomic E-state index is 4.65. The molecular weight excluding hydrogens is 210 g/mol. The van der Waals surface area contributed by atoms with Crippen LogP contribution in [0.3, 0.4) is 0 Å². The molecule has 1 aromatic heterocycles.